The van der Waals surface area contributed by atoms with E-state index in [2.05, 4.69) is 20.3 Å². The number of aliphatic hydroxyl groups excluding tert-OH is 1. The Morgan fingerprint density at radius 2 is 1.94 bits per heavy atom. The number of aromatic nitrogens is 3. The molecular formula is C25H23ClN4O4. The zero-order valence-electron chi connectivity index (χ0n) is 18.2. The summed E-state index contributed by atoms with van der Waals surface area (Å²) in [4.78, 5) is 25.1. The van der Waals surface area contributed by atoms with Crippen molar-refractivity contribution in [1.29, 1.82) is 0 Å². The number of H-pyrrole nitrogens is 1. The third-order valence-electron chi connectivity index (χ3n) is 5.77. The maximum Gasteiger partial charge on any atom is 0.196 e. The quantitative estimate of drug-likeness (QED) is 0.318. The van der Waals surface area contributed by atoms with Crippen molar-refractivity contribution < 1.29 is 19.4 Å². The molecule has 9 heteroatoms. The highest BCUT2D eigenvalue weighted by Gasteiger charge is 2.25. The molecule has 1 aliphatic heterocycles. The Morgan fingerprint density at radius 3 is 2.71 bits per heavy atom. The second kappa shape index (κ2) is 9.80. The highest BCUT2D eigenvalue weighted by Crippen LogP contribution is 2.31. The standard InChI is InChI=1S/C25H23ClN4O4/c26-21-10-16(33-15-4-2-1-3-5-15)8-9-19(21)23(32)20-12-28-25-22(20)24(29-14-30-25)27-11-17-6-7-18(13-31)34-17/h1-5,8-10,12,14,17-18,31H,6-7,11,13H2,(H2,27,28,29,30). The number of aliphatic hydroxyl groups is 1. The Labute approximate surface area is 200 Å². The number of para-hydroxylation sites is 1. The molecule has 0 amide bonds. The van der Waals surface area contributed by atoms with Gasteiger partial charge in [-0.1, -0.05) is 29.8 Å². The van der Waals surface area contributed by atoms with E-state index in [9.17, 15) is 9.90 Å². The number of carbonyl (C=O) groups is 1. The van der Waals surface area contributed by atoms with Crippen molar-refractivity contribution in [2.75, 3.05) is 18.5 Å². The van der Waals surface area contributed by atoms with Crippen molar-refractivity contribution in [2.45, 2.75) is 25.0 Å². The SMILES string of the molecule is O=C(c1ccc(Oc2ccccc2)cc1Cl)c1c[nH]c2ncnc(NCC3CCC(CO)O3)c12. The Morgan fingerprint density at radius 1 is 1.12 bits per heavy atom. The Kier molecular flexibility index (Phi) is 6.44. The number of carbonyl (C=O) groups excluding carboxylic acids is 1. The van der Waals surface area contributed by atoms with Crippen molar-refractivity contribution in [3.63, 3.8) is 0 Å². The van der Waals surface area contributed by atoms with E-state index in [1.54, 1.807) is 24.4 Å². The highest BCUT2D eigenvalue weighted by molar-refractivity contribution is 6.35. The molecule has 34 heavy (non-hydrogen) atoms. The first kappa shape index (κ1) is 22.3. The summed E-state index contributed by atoms with van der Waals surface area (Å²) in [5.41, 5.74) is 1.31. The second-order valence-corrected chi connectivity index (χ2v) is 8.46. The first-order valence-corrected chi connectivity index (χ1v) is 11.4. The topological polar surface area (TPSA) is 109 Å². The number of rotatable bonds is 8. The largest absolute Gasteiger partial charge is 0.457 e. The molecule has 2 unspecified atom stereocenters. The van der Waals surface area contributed by atoms with Crippen LogP contribution in [0.1, 0.15) is 28.8 Å². The van der Waals surface area contributed by atoms with Crippen molar-refractivity contribution >= 4 is 34.2 Å². The Hall–Kier alpha value is -3.46. The molecule has 0 saturated carbocycles. The van der Waals surface area contributed by atoms with Crippen LogP contribution in [0, 0.1) is 0 Å². The number of benzene rings is 2. The minimum absolute atomic E-state index is 0.0145. The van der Waals surface area contributed by atoms with Gasteiger partial charge in [0.25, 0.3) is 0 Å². The molecule has 3 heterocycles. The lowest BCUT2D eigenvalue weighted by atomic mass is 10.0. The minimum atomic E-state index is -0.252. The van der Waals surface area contributed by atoms with Crippen LogP contribution < -0.4 is 10.1 Å². The van der Waals surface area contributed by atoms with Crippen LogP contribution in [0.4, 0.5) is 5.82 Å². The van der Waals surface area contributed by atoms with Crippen molar-refractivity contribution in [2.24, 2.45) is 0 Å². The minimum Gasteiger partial charge on any atom is -0.457 e. The lowest BCUT2D eigenvalue weighted by molar-refractivity contribution is 0.0174. The van der Waals surface area contributed by atoms with Gasteiger partial charge in [-0.2, -0.15) is 0 Å². The van der Waals surface area contributed by atoms with Gasteiger partial charge < -0.3 is 24.9 Å². The van der Waals surface area contributed by atoms with E-state index in [1.165, 1.54) is 6.33 Å². The van der Waals surface area contributed by atoms with E-state index in [4.69, 9.17) is 21.1 Å². The summed E-state index contributed by atoms with van der Waals surface area (Å²) in [6.45, 7) is 0.522. The number of halogens is 1. The fraction of sp³-hybridized carbons (Fsp3) is 0.240. The second-order valence-electron chi connectivity index (χ2n) is 8.06. The molecule has 0 bridgehead atoms. The number of anilines is 1. The average Bonchev–Trinajstić information content (AvgIpc) is 3.50. The lowest BCUT2D eigenvalue weighted by Gasteiger charge is -2.14. The fourth-order valence-electron chi connectivity index (χ4n) is 4.06. The molecule has 1 saturated heterocycles. The number of ether oxygens (including phenoxy) is 2. The molecule has 174 valence electrons. The van der Waals surface area contributed by atoms with Crippen LogP contribution in [-0.2, 0) is 4.74 Å². The Bertz CT molecular complexity index is 1310. The summed E-state index contributed by atoms with van der Waals surface area (Å²) in [6.07, 6.45) is 4.55. The summed E-state index contributed by atoms with van der Waals surface area (Å²) in [6, 6.07) is 14.3. The third-order valence-corrected chi connectivity index (χ3v) is 6.09. The number of fused-ring (bicyclic) bond motifs is 1. The van der Waals surface area contributed by atoms with Gasteiger partial charge >= 0.3 is 0 Å². The number of nitrogens with one attached hydrogen (secondary N) is 2. The van der Waals surface area contributed by atoms with E-state index in [-0.39, 0.29) is 29.6 Å². The van der Waals surface area contributed by atoms with Gasteiger partial charge in [0.15, 0.2) is 5.78 Å². The zero-order chi connectivity index (χ0) is 23.5. The van der Waals surface area contributed by atoms with Crippen LogP contribution in [0.15, 0.2) is 61.1 Å². The fourth-order valence-corrected chi connectivity index (χ4v) is 4.32. The molecule has 0 aliphatic carbocycles. The molecule has 2 atom stereocenters. The van der Waals surface area contributed by atoms with Gasteiger partial charge in [0.1, 0.15) is 29.3 Å². The molecule has 4 aromatic rings. The predicted molar refractivity (Wildman–Crippen MR) is 129 cm³/mol. The number of ketones is 1. The molecule has 1 aliphatic rings. The number of aromatic amines is 1. The van der Waals surface area contributed by atoms with Crippen molar-refractivity contribution in [3.8, 4) is 11.5 Å². The smallest absolute Gasteiger partial charge is 0.196 e. The van der Waals surface area contributed by atoms with E-state index < -0.39 is 0 Å². The van der Waals surface area contributed by atoms with Gasteiger partial charge in [-0.15, -0.1) is 0 Å². The molecule has 0 spiro atoms. The molecule has 1 fully saturated rings. The van der Waals surface area contributed by atoms with Gasteiger partial charge in [0.05, 0.1) is 34.8 Å². The number of hydrogen-bond donors (Lipinski definition) is 3. The predicted octanol–water partition coefficient (Wildman–Crippen LogP) is 4.59. The van der Waals surface area contributed by atoms with E-state index in [0.717, 1.165) is 12.8 Å². The molecule has 0 radical (unpaired) electrons. The van der Waals surface area contributed by atoms with Crippen LogP contribution >= 0.6 is 11.6 Å². The van der Waals surface area contributed by atoms with E-state index >= 15 is 0 Å². The Balaban J connectivity index is 1.38. The maximum atomic E-state index is 13.4. The monoisotopic (exact) mass is 478 g/mol. The molecule has 2 aromatic heterocycles. The molecule has 2 aromatic carbocycles. The van der Waals surface area contributed by atoms with E-state index in [0.29, 0.717) is 46.0 Å². The number of hydrogen-bond acceptors (Lipinski definition) is 7. The summed E-state index contributed by atoms with van der Waals surface area (Å²) >= 11 is 6.48. The first-order valence-electron chi connectivity index (χ1n) is 11.0. The summed E-state index contributed by atoms with van der Waals surface area (Å²) < 4.78 is 11.6. The van der Waals surface area contributed by atoms with Gasteiger partial charge in [-0.25, -0.2) is 9.97 Å². The van der Waals surface area contributed by atoms with Crippen LogP contribution in [0.25, 0.3) is 11.0 Å². The van der Waals surface area contributed by atoms with Crippen LogP contribution in [0.3, 0.4) is 0 Å². The first-order chi connectivity index (χ1) is 16.6. The van der Waals surface area contributed by atoms with Crippen molar-refractivity contribution in [1.82, 2.24) is 15.0 Å². The molecule has 8 nitrogen and oxygen atoms in total. The highest BCUT2D eigenvalue weighted by atomic mass is 35.5. The van der Waals surface area contributed by atoms with Gasteiger partial charge in [-0.05, 0) is 37.1 Å². The third kappa shape index (κ3) is 4.61. The van der Waals surface area contributed by atoms with E-state index in [1.807, 2.05) is 30.3 Å². The van der Waals surface area contributed by atoms with Crippen LogP contribution in [0.2, 0.25) is 5.02 Å². The normalized spacial score (nSPS) is 17.7. The average molecular weight is 479 g/mol. The number of nitrogens with zero attached hydrogens (tertiary/aromatic N) is 2. The molecular weight excluding hydrogens is 456 g/mol. The van der Waals surface area contributed by atoms with Crippen LogP contribution in [0.5, 0.6) is 11.5 Å². The van der Waals surface area contributed by atoms with Gasteiger partial charge in [0, 0.05) is 24.4 Å². The summed E-state index contributed by atoms with van der Waals surface area (Å²) in [5, 5.41) is 13.4. The van der Waals surface area contributed by atoms with Crippen molar-refractivity contribution in [3.05, 3.63) is 77.2 Å². The summed E-state index contributed by atoms with van der Waals surface area (Å²) in [7, 11) is 0. The van der Waals surface area contributed by atoms with Gasteiger partial charge in [0.2, 0.25) is 0 Å². The maximum absolute atomic E-state index is 13.4. The molecule has 5 rings (SSSR count). The molecule has 3 N–H and O–H groups in total. The lowest BCUT2D eigenvalue weighted by Crippen LogP contribution is -2.22. The van der Waals surface area contributed by atoms with Gasteiger partial charge in [-0.3, -0.25) is 4.79 Å². The van der Waals surface area contributed by atoms with Crippen LogP contribution in [-0.4, -0.2) is 51.2 Å². The summed E-state index contributed by atoms with van der Waals surface area (Å²) in [5.74, 6) is 1.50. The zero-order valence-corrected chi connectivity index (χ0v) is 19.0.